The molecular formula is C19H20FN3O4. The first-order valence-electron chi connectivity index (χ1n) is 8.59. The Balaban J connectivity index is 1.80. The van der Waals surface area contributed by atoms with E-state index in [0.29, 0.717) is 19.8 Å². The van der Waals surface area contributed by atoms with Gasteiger partial charge in [0.15, 0.2) is 0 Å². The van der Waals surface area contributed by atoms with Gasteiger partial charge in [0.2, 0.25) is 0 Å². The van der Waals surface area contributed by atoms with E-state index in [1.807, 2.05) is 0 Å². The molecule has 1 saturated heterocycles. The second-order valence-corrected chi connectivity index (χ2v) is 6.21. The van der Waals surface area contributed by atoms with E-state index in [1.165, 1.54) is 36.5 Å². The largest absolute Gasteiger partial charge is 0.507 e. The molecule has 0 saturated carbocycles. The van der Waals surface area contributed by atoms with E-state index in [9.17, 15) is 19.6 Å². The second kappa shape index (κ2) is 8.70. The molecule has 1 aliphatic heterocycles. The SMILES string of the molecule is O=[N+]([O-])c1ccc(O)c(C=NC[C@@H](c2ccc(F)cc2)N2CCOCC2)c1. The van der Waals surface area contributed by atoms with Crippen molar-refractivity contribution in [2.24, 2.45) is 4.99 Å². The van der Waals surface area contributed by atoms with E-state index in [-0.39, 0.29) is 28.9 Å². The summed E-state index contributed by atoms with van der Waals surface area (Å²) < 4.78 is 18.7. The zero-order valence-corrected chi connectivity index (χ0v) is 14.6. The van der Waals surface area contributed by atoms with Crippen molar-refractivity contribution in [3.05, 3.63) is 69.5 Å². The number of nitro benzene ring substituents is 1. The number of aliphatic imine (C=N–C) groups is 1. The minimum absolute atomic E-state index is 0.0749. The van der Waals surface area contributed by atoms with Crippen LogP contribution in [0.1, 0.15) is 17.2 Å². The quantitative estimate of drug-likeness (QED) is 0.478. The highest BCUT2D eigenvalue weighted by molar-refractivity contribution is 5.84. The van der Waals surface area contributed by atoms with Crippen molar-refractivity contribution in [1.29, 1.82) is 0 Å². The highest BCUT2D eigenvalue weighted by Gasteiger charge is 2.22. The van der Waals surface area contributed by atoms with E-state index < -0.39 is 4.92 Å². The standard InChI is InChI=1S/C19H20FN3O4/c20-16-3-1-14(2-4-16)18(22-7-9-27-10-8-22)13-21-12-15-11-17(23(25)26)5-6-19(15)24/h1-6,11-12,18,24H,7-10,13H2/t18-/m0/s1. The Bertz CT molecular complexity index is 820. The number of phenols is 1. The molecule has 8 heteroatoms. The highest BCUT2D eigenvalue weighted by atomic mass is 19.1. The van der Waals surface area contributed by atoms with Gasteiger partial charge >= 0.3 is 0 Å². The maximum Gasteiger partial charge on any atom is 0.270 e. The van der Waals surface area contributed by atoms with Crippen LogP contribution in [0.15, 0.2) is 47.5 Å². The summed E-state index contributed by atoms with van der Waals surface area (Å²) in [6, 6.07) is 10.0. The predicted molar refractivity (Wildman–Crippen MR) is 98.8 cm³/mol. The van der Waals surface area contributed by atoms with Crippen LogP contribution in [0.3, 0.4) is 0 Å². The smallest absolute Gasteiger partial charge is 0.270 e. The van der Waals surface area contributed by atoms with Gasteiger partial charge in [-0.15, -0.1) is 0 Å². The van der Waals surface area contributed by atoms with Crippen LogP contribution in [0.2, 0.25) is 0 Å². The Kier molecular flexibility index (Phi) is 6.10. The molecule has 27 heavy (non-hydrogen) atoms. The third kappa shape index (κ3) is 4.87. The van der Waals surface area contributed by atoms with Crippen molar-refractivity contribution in [3.63, 3.8) is 0 Å². The molecule has 0 unspecified atom stereocenters. The third-order valence-corrected chi connectivity index (χ3v) is 4.47. The van der Waals surface area contributed by atoms with Crippen molar-refractivity contribution >= 4 is 11.9 Å². The summed E-state index contributed by atoms with van der Waals surface area (Å²) in [6.45, 7) is 3.08. The molecule has 1 atom stereocenters. The lowest BCUT2D eigenvalue weighted by atomic mass is 10.0. The summed E-state index contributed by atoms with van der Waals surface area (Å²) in [4.78, 5) is 17.0. The van der Waals surface area contributed by atoms with Crippen molar-refractivity contribution < 1.29 is 19.2 Å². The van der Waals surface area contributed by atoms with Crippen LogP contribution in [0.5, 0.6) is 5.75 Å². The Morgan fingerprint density at radius 1 is 1.26 bits per heavy atom. The fourth-order valence-corrected chi connectivity index (χ4v) is 3.02. The van der Waals surface area contributed by atoms with Crippen molar-refractivity contribution in [2.45, 2.75) is 6.04 Å². The van der Waals surface area contributed by atoms with Crippen LogP contribution in [-0.4, -0.2) is 54.0 Å². The van der Waals surface area contributed by atoms with Crippen LogP contribution < -0.4 is 0 Å². The minimum Gasteiger partial charge on any atom is -0.507 e. The van der Waals surface area contributed by atoms with E-state index in [2.05, 4.69) is 9.89 Å². The summed E-state index contributed by atoms with van der Waals surface area (Å²) in [5, 5.41) is 20.8. The summed E-state index contributed by atoms with van der Waals surface area (Å²) >= 11 is 0. The molecule has 1 aliphatic rings. The molecule has 0 bridgehead atoms. The van der Waals surface area contributed by atoms with Gasteiger partial charge in [0, 0.05) is 37.0 Å². The van der Waals surface area contributed by atoms with E-state index >= 15 is 0 Å². The Morgan fingerprint density at radius 3 is 2.63 bits per heavy atom. The first-order chi connectivity index (χ1) is 13.0. The van der Waals surface area contributed by atoms with Crippen LogP contribution in [-0.2, 0) is 4.74 Å². The van der Waals surface area contributed by atoms with Crippen molar-refractivity contribution in [3.8, 4) is 5.75 Å². The molecule has 7 nitrogen and oxygen atoms in total. The molecule has 0 aliphatic carbocycles. The number of rotatable bonds is 6. The van der Waals surface area contributed by atoms with Gasteiger partial charge in [-0.3, -0.25) is 20.0 Å². The molecule has 1 heterocycles. The minimum atomic E-state index is -0.522. The Morgan fingerprint density at radius 2 is 1.96 bits per heavy atom. The van der Waals surface area contributed by atoms with Gasteiger partial charge in [0.05, 0.1) is 30.7 Å². The van der Waals surface area contributed by atoms with Gasteiger partial charge in [-0.2, -0.15) is 0 Å². The summed E-state index contributed by atoms with van der Waals surface area (Å²) in [6.07, 6.45) is 1.43. The first kappa shape index (κ1) is 18.9. The number of halogens is 1. The number of nitro groups is 1. The van der Waals surface area contributed by atoms with E-state index in [0.717, 1.165) is 18.7 Å². The maximum atomic E-state index is 13.3. The lowest BCUT2D eigenvalue weighted by Gasteiger charge is -2.34. The number of hydrogen-bond acceptors (Lipinski definition) is 6. The predicted octanol–water partition coefficient (Wildman–Crippen LogP) is 2.93. The second-order valence-electron chi connectivity index (χ2n) is 6.21. The molecule has 0 amide bonds. The lowest BCUT2D eigenvalue weighted by molar-refractivity contribution is -0.384. The number of ether oxygens (including phenoxy) is 1. The zero-order valence-electron chi connectivity index (χ0n) is 14.6. The van der Waals surface area contributed by atoms with E-state index in [1.54, 1.807) is 12.1 Å². The lowest BCUT2D eigenvalue weighted by Crippen LogP contribution is -2.40. The van der Waals surface area contributed by atoms with Gasteiger partial charge in [-0.25, -0.2) is 4.39 Å². The maximum absolute atomic E-state index is 13.3. The van der Waals surface area contributed by atoms with Crippen LogP contribution in [0.4, 0.5) is 10.1 Å². The monoisotopic (exact) mass is 373 g/mol. The summed E-state index contributed by atoms with van der Waals surface area (Å²) in [7, 11) is 0. The van der Waals surface area contributed by atoms with Crippen LogP contribution in [0, 0.1) is 15.9 Å². The van der Waals surface area contributed by atoms with Crippen LogP contribution >= 0.6 is 0 Å². The molecule has 2 aromatic rings. The number of non-ortho nitro benzene ring substituents is 1. The molecule has 142 valence electrons. The number of aromatic hydroxyl groups is 1. The zero-order chi connectivity index (χ0) is 19.2. The van der Waals surface area contributed by atoms with Crippen LogP contribution in [0.25, 0.3) is 0 Å². The van der Waals surface area contributed by atoms with Gasteiger partial charge < -0.3 is 9.84 Å². The number of benzene rings is 2. The molecular weight excluding hydrogens is 353 g/mol. The normalized spacial score (nSPS) is 16.5. The Hall–Kier alpha value is -2.84. The number of hydrogen-bond donors (Lipinski definition) is 1. The van der Waals surface area contributed by atoms with Gasteiger partial charge in [0.1, 0.15) is 11.6 Å². The summed E-state index contributed by atoms with van der Waals surface area (Å²) in [5.74, 6) is -0.376. The average Bonchev–Trinajstić information content (AvgIpc) is 2.68. The molecule has 0 spiro atoms. The fourth-order valence-electron chi connectivity index (χ4n) is 3.02. The molecule has 1 fully saturated rings. The topological polar surface area (TPSA) is 88.2 Å². The third-order valence-electron chi connectivity index (χ3n) is 4.47. The fraction of sp³-hybridized carbons (Fsp3) is 0.316. The van der Waals surface area contributed by atoms with Crippen molar-refractivity contribution in [2.75, 3.05) is 32.8 Å². The number of morpholine rings is 1. The highest BCUT2D eigenvalue weighted by Crippen LogP contribution is 2.24. The molecule has 1 N–H and O–H groups in total. The van der Waals surface area contributed by atoms with Crippen molar-refractivity contribution in [1.82, 2.24) is 4.90 Å². The summed E-state index contributed by atoms with van der Waals surface area (Å²) in [5.41, 5.74) is 1.10. The van der Waals surface area contributed by atoms with Gasteiger partial charge in [-0.05, 0) is 23.8 Å². The average molecular weight is 373 g/mol. The number of phenolic OH excluding ortho intramolecular Hbond substituents is 1. The molecule has 0 aromatic heterocycles. The van der Waals surface area contributed by atoms with Gasteiger partial charge in [-0.1, -0.05) is 12.1 Å². The van der Waals surface area contributed by atoms with E-state index in [4.69, 9.17) is 4.74 Å². The number of nitrogens with zero attached hydrogens (tertiary/aromatic N) is 3. The Labute approximate surface area is 155 Å². The first-order valence-corrected chi connectivity index (χ1v) is 8.59. The van der Waals surface area contributed by atoms with Gasteiger partial charge in [0.25, 0.3) is 5.69 Å². The molecule has 0 radical (unpaired) electrons. The molecule has 2 aromatic carbocycles. The molecule has 3 rings (SSSR count).